The first kappa shape index (κ1) is 32.4. The van der Waals surface area contributed by atoms with Crippen molar-refractivity contribution in [1.29, 1.82) is 0 Å². The van der Waals surface area contributed by atoms with Gasteiger partial charge < -0.3 is 14.4 Å². The fraction of sp³-hybridized carbons (Fsp3) is 0.867. The average molecular weight is 466 g/mol. The number of likely N-dealkylation sites (N-methyl/N-ethyl adjacent to an activating group) is 1. The molecule has 0 heterocycles. The minimum atomic E-state index is 0.366. The van der Waals surface area contributed by atoms with E-state index in [1.54, 1.807) is 0 Å². The molecule has 0 aliphatic rings. The number of nitrogens with zero attached hydrogens (tertiary/aromatic N) is 1. The fourth-order valence-corrected chi connectivity index (χ4v) is 3.79. The topological polar surface area (TPSA) is 21.7 Å². The summed E-state index contributed by atoms with van der Waals surface area (Å²) in [5.74, 6) is 0. The molecule has 0 aromatic rings. The summed E-state index contributed by atoms with van der Waals surface area (Å²) in [5.41, 5.74) is 0. The van der Waals surface area contributed by atoms with E-state index in [9.17, 15) is 0 Å². The Morgan fingerprint density at radius 2 is 0.970 bits per heavy atom. The van der Waals surface area contributed by atoms with Gasteiger partial charge in [0.15, 0.2) is 0 Å². The Labute approximate surface area is 208 Å². The van der Waals surface area contributed by atoms with E-state index in [0.29, 0.717) is 6.04 Å². The number of rotatable bonds is 26. The molecule has 1 atom stereocenters. The number of hydrogen-bond donors (Lipinski definition) is 0. The molecule has 0 aliphatic carbocycles. The maximum absolute atomic E-state index is 5.95. The molecule has 0 spiro atoms. The first-order valence-corrected chi connectivity index (χ1v) is 14.3. The van der Waals surface area contributed by atoms with Gasteiger partial charge in [0.25, 0.3) is 0 Å². The van der Waals surface area contributed by atoms with Crippen LogP contribution in [0.15, 0.2) is 24.3 Å². The maximum atomic E-state index is 5.95. The van der Waals surface area contributed by atoms with Crippen LogP contribution in [0.3, 0.4) is 0 Å². The van der Waals surface area contributed by atoms with Gasteiger partial charge in [0.1, 0.15) is 0 Å². The lowest BCUT2D eigenvalue weighted by atomic mass is 10.1. The van der Waals surface area contributed by atoms with Gasteiger partial charge in [-0.15, -0.1) is 0 Å². The molecule has 0 saturated heterocycles. The molecule has 3 heteroatoms. The Morgan fingerprint density at radius 3 is 1.48 bits per heavy atom. The molecule has 0 radical (unpaired) electrons. The molecule has 0 aromatic carbocycles. The van der Waals surface area contributed by atoms with Crippen LogP contribution in [-0.4, -0.2) is 51.5 Å². The van der Waals surface area contributed by atoms with Crippen LogP contribution < -0.4 is 0 Å². The van der Waals surface area contributed by atoms with Crippen molar-refractivity contribution >= 4 is 0 Å². The van der Waals surface area contributed by atoms with E-state index in [-0.39, 0.29) is 0 Å². The molecule has 0 aliphatic heterocycles. The Bertz CT molecular complexity index is 420. The zero-order chi connectivity index (χ0) is 24.2. The van der Waals surface area contributed by atoms with Crippen LogP contribution in [0.25, 0.3) is 0 Å². The Balaban J connectivity index is 3.44. The highest BCUT2D eigenvalue weighted by molar-refractivity contribution is 4.92. The second kappa shape index (κ2) is 27.6. The van der Waals surface area contributed by atoms with E-state index in [0.717, 1.165) is 32.8 Å². The molecule has 33 heavy (non-hydrogen) atoms. The third-order valence-corrected chi connectivity index (χ3v) is 6.23. The summed E-state index contributed by atoms with van der Waals surface area (Å²) in [6.45, 7) is 7.86. The minimum absolute atomic E-state index is 0.366. The van der Waals surface area contributed by atoms with Gasteiger partial charge in [-0.05, 0) is 59.0 Å². The SMILES string of the molecule is CCCCCC=CCC=CCCCCCCCCOC[C@H](COCCCCCCC)N(C)C. The monoisotopic (exact) mass is 465 g/mol. The number of allylic oxidation sites excluding steroid dienone is 4. The molecule has 0 N–H and O–H groups in total. The molecule has 0 unspecified atom stereocenters. The van der Waals surface area contributed by atoms with E-state index in [4.69, 9.17) is 9.47 Å². The van der Waals surface area contributed by atoms with Crippen molar-refractivity contribution < 1.29 is 9.47 Å². The van der Waals surface area contributed by atoms with Gasteiger partial charge in [-0.2, -0.15) is 0 Å². The fourth-order valence-electron chi connectivity index (χ4n) is 3.79. The van der Waals surface area contributed by atoms with E-state index < -0.39 is 0 Å². The molecule has 3 nitrogen and oxygen atoms in total. The first-order valence-electron chi connectivity index (χ1n) is 14.3. The van der Waals surface area contributed by atoms with Crippen molar-refractivity contribution in [3.8, 4) is 0 Å². The molecule has 0 fully saturated rings. The summed E-state index contributed by atoms with van der Waals surface area (Å²) < 4.78 is 11.8. The van der Waals surface area contributed by atoms with E-state index in [1.807, 2.05) is 0 Å². The third-order valence-electron chi connectivity index (χ3n) is 6.23. The largest absolute Gasteiger partial charge is 0.380 e. The third kappa shape index (κ3) is 25.8. The van der Waals surface area contributed by atoms with Crippen LogP contribution in [0.4, 0.5) is 0 Å². The summed E-state index contributed by atoms with van der Waals surface area (Å²) in [7, 11) is 4.25. The maximum Gasteiger partial charge on any atom is 0.0644 e. The van der Waals surface area contributed by atoms with Gasteiger partial charge in [-0.3, -0.25) is 0 Å². The second-order valence-corrected chi connectivity index (χ2v) is 9.77. The van der Waals surface area contributed by atoms with Crippen LogP contribution in [0.2, 0.25) is 0 Å². The smallest absolute Gasteiger partial charge is 0.0644 e. The van der Waals surface area contributed by atoms with Crippen molar-refractivity contribution in [2.75, 3.05) is 40.5 Å². The average Bonchev–Trinajstić information content (AvgIpc) is 2.81. The van der Waals surface area contributed by atoms with Crippen molar-refractivity contribution in [3.05, 3.63) is 24.3 Å². The van der Waals surface area contributed by atoms with Gasteiger partial charge in [0.2, 0.25) is 0 Å². The summed E-state index contributed by atoms with van der Waals surface area (Å²) in [4.78, 5) is 2.23. The molecule has 0 aromatic heterocycles. The summed E-state index contributed by atoms with van der Waals surface area (Å²) >= 11 is 0. The standard InChI is InChI=1S/C30H59NO2/c1-5-7-9-11-12-13-14-15-16-17-18-19-20-21-23-25-27-33-29-30(31(3)4)28-32-26-24-22-10-8-6-2/h12-13,15-16,30H,5-11,14,17-29H2,1-4H3/t30-/m0/s1. The lowest BCUT2D eigenvalue weighted by Gasteiger charge is -2.24. The highest BCUT2D eigenvalue weighted by Crippen LogP contribution is 2.09. The lowest BCUT2D eigenvalue weighted by molar-refractivity contribution is 0.0197. The van der Waals surface area contributed by atoms with Crippen LogP contribution in [-0.2, 0) is 9.47 Å². The van der Waals surface area contributed by atoms with Crippen molar-refractivity contribution in [2.45, 2.75) is 129 Å². The van der Waals surface area contributed by atoms with E-state index in [1.165, 1.54) is 103 Å². The summed E-state index contributed by atoms with van der Waals surface area (Å²) in [6.07, 6.45) is 31.3. The zero-order valence-corrected chi connectivity index (χ0v) is 23.0. The lowest BCUT2D eigenvalue weighted by Crippen LogP contribution is -2.37. The second-order valence-electron chi connectivity index (χ2n) is 9.77. The van der Waals surface area contributed by atoms with E-state index in [2.05, 4.69) is 57.1 Å². The minimum Gasteiger partial charge on any atom is -0.380 e. The van der Waals surface area contributed by atoms with E-state index >= 15 is 0 Å². The highest BCUT2D eigenvalue weighted by Gasteiger charge is 2.11. The molecule has 196 valence electrons. The summed E-state index contributed by atoms with van der Waals surface area (Å²) in [6, 6.07) is 0.366. The molecule has 0 bridgehead atoms. The highest BCUT2D eigenvalue weighted by atomic mass is 16.5. The molecule has 0 rings (SSSR count). The normalized spacial score (nSPS) is 13.1. The molecule has 0 amide bonds. The predicted molar refractivity (Wildman–Crippen MR) is 147 cm³/mol. The first-order chi connectivity index (χ1) is 16.2. The molecular formula is C30H59NO2. The van der Waals surface area contributed by atoms with Crippen molar-refractivity contribution in [1.82, 2.24) is 4.90 Å². The summed E-state index contributed by atoms with van der Waals surface area (Å²) in [5, 5.41) is 0. The quantitative estimate of drug-likeness (QED) is 0.0941. The Hall–Kier alpha value is -0.640. The predicted octanol–water partition coefficient (Wildman–Crippen LogP) is 8.73. The zero-order valence-electron chi connectivity index (χ0n) is 23.0. The van der Waals surface area contributed by atoms with Gasteiger partial charge >= 0.3 is 0 Å². The van der Waals surface area contributed by atoms with Crippen LogP contribution in [0.1, 0.15) is 123 Å². The Morgan fingerprint density at radius 1 is 0.545 bits per heavy atom. The molecule has 0 saturated carbocycles. The van der Waals surface area contributed by atoms with Gasteiger partial charge in [-0.1, -0.05) is 102 Å². The van der Waals surface area contributed by atoms with Crippen molar-refractivity contribution in [3.63, 3.8) is 0 Å². The van der Waals surface area contributed by atoms with Crippen LogP contribution >= 0.6 is 0 Å². The Kier molecular flexibility index (Phi) is 27.1. The van der Waals surface area contributed by atoms with Gasteiger partial charge in [-0.25, -0.2) is 0 Å². The molecular weight excluding hydrogens is 406 g/mol. The van der Waals surface area contributed by atoms with Crippen molar-refractivity contribution in [2.24, 2.45) is 0 Å². The van der Waals surface area contributed by atoms with Crippen LogP contribution in [0.5, 0.6) is 0 Å². The number of unbranched alkanes of at least 4 members (excludes halogenated alkanes) is 13. The number of ether oxygens (including phenoxy) is 2. The number of hydrogen-bond acceptors (Lipinski definition) is 3. The van der Waals surface area contributed by atoms with Crippen LogP contribution in [0, 0.1) is 0 Å². The van der Waals surface area contributed by atoms with Gasteiger partial charge in [0, 0.05) is 13.2 Å². The van der Waals surface area contributed by atoms with Gasteiger partial charge in [0.05, 0.1) is 19.3 Å².